The van der Waals surface area contributed by atoms with Gasteiger partial charge in [-0.15, -0.1) is 0 Å². The summed E-state index contributed by atoms with van der Waals surface area (Å²) < 4.78 is 10.7. The van der Waals surface area contributed by atoms with Crippen LogP contribution in [0.1, 0.15) is 46.4 Å². The summed E-state index contributed by atoms with van der Waals surface area (Å²) >= 11 is 0. The lowest BCUT2D eigenvalue weighted by Crippen LogP contribution is -2.00. The van der Waals surface area contributed by atoms with Gasteiger partial charge in [-0.1, -0.05) is 16.8 Å². The molecule has 0 aliphatic heterocycles. The van der Waals surface area contributed by atoms with Gasteiger partial charge in [-0.05, 0) is 31.9 Å². The lowest BCUT2D eigenvalue weighted by Gasteiger charge is -2.06. The van der Waals surface area contributed by atoms with Crippen molar-refractivity contribution in [2.24, 2.45) is 0 Å². The van der Waals surface area contributed by atoms with Crippen LogP contribution >= 0.6 is 0 Å². The Hall–Kier alpha value is -2.17. The number of aryl methyl sites for hydroxylation is 1. The van der Waals surface area contributed by atoms with Crippen molar-refractivity contribution in [3.8, 4) is 5.75 Å². The highest BCUT2D eigenvalue weighted by Gasteiger charge is 2.29. The second kappa shape index (κ2) is 4.84. The largest absolute Gasteiger partial charge is 0.485 e. The van der Waals surface area contributed by atoms with E-state index in [4.69, 9.17) is 9.26 Å². The third kappa shape index (κ3) is 2.65. The van der Waals surface area contributed by atoms with Gasteiger partial charge < -0.3 is 9.26 Å². The molecule has 5 nitrogen and oxygen atoms in total. The van der Waals surface area contributed by atoms with Gasteiger partial charge in [-0.2, -0.15) is 4.98 Å². The summed E-state index contributed by atoms with van der Waals surface area (Å²) in [7, 11) is 0. The van der Waals surface area contributed by atoms with Crippen molar-refractivity contribution in [1.29, 1.82) is 0 Å². The van der Waals surface area contributed by atoms with Crippen molar-refractivity contribution in [2.45, 2.75) is 32.3 Å². The Morgan fingerprint density at radius 3 is 3.05 bits per heavy atom. The molecule has 0 bridgehead atoms. The molecule has 1 aromatic carbocycles. The third-order valence-corrected chi connectivity index (χ3v) is 3.06. The first-order valence-electron chi connectivity index (χ1n) is 6.27. The van der Waals surface area contributed by atoms with E-state index in [1.54, 1.807) is 12.1 Å². The first kappa shape index (κ1) is 11.9. The number of aldehydes is 1. The second-order valence-corrected chi connectivity index (χ2v) is 4.77. The summed E-state index contributed by atoms with van der Waals surface area (Å²) in [4.78, 5) is 15.2. The maximum atomic E-state index is 11.0. The van der Waals surface area contributed by atoms with Crippen LogP contribution in [-0.2, 0) is 6.61 Å². The van der Waals surface area contributed by atoms with E-state index in [0.717, 1.165) is 24.7 Å². The van der Waals surface area contributed by atoms with E-state index in [1.807, 2.05) is 13.0 Å². The van der Waals surface area contributed by atoms with Crippen LogP contribution < -0.4 is 4.74 Å². The van der Waals surface area contributed by atoms with Crippen LogP contribution in [0.15, 0.2) is 22.7 Å². The van der Waals surface area contributed by atoms with Crippen molar-refractivity contribution < 1.29 is 14.1 Å². The van der Waals surface area contributed by atoms with E-state index >= 15 is 0 Å². The zero-order chi connectivity index (χ0) is 13.2. The maximum Gasteiger partial charge on any atom is 0.229 e. The summed E-state index contributed by atoms with van der Waals surface area (Å²) in [6.45, 7) is 2.14. The molecule has 19 heavy (non-hydrogen) atoms. The minimum atomic E-state index is 0.208. The second-order valence-electron chi connectivity index (χ2n) is 4.77. The zero-order valence-corrected chi connectivity index (χ0v) is 10.6. The third-order valence-electron chi connectivity index (χ3n) is 3.06. The van der Waals surface area contributed by atoms with Crippen LogP contribution in [0.25, 0.3) is 0 Å². The number of benzene rings is 1. The minimum Gasteiger partial charge on any atom is -0.485 e. The molecule has 1 heterocycles. The summed E-state index contributed by atoms with van der Waals surface area (Å²) in [5.74, 6) is 2.18. The molecule has 0 radical (unpaired) electrons. The summed E-state index contributed by atoms with van der Waals surface area (Å²) in [5, 5.41) is 3.87. The lowest BCUT2D eigenvalue weighted by atomic mass is 10.1. The fraction of sp³-hybridized carbons (Fsp3) is 0.357. The van der Waals surface area contributed by atoms with Crippen LogP contribution in [0, 0.1) is 6.92 Å². The number of hydrogen-bond donors (Lipinski definition) is 0. The minimum absolute atomic E-state index is 0.208. The predicted molar refractivity (Wildman–Crippen MR) is 67.2 cm³/mol. The molecule has 1 fully saturated rings. The monoisotopic (exact) mass is 258 g/mol. The zero-order valence-electron chi connectivity index (χ0n) is 10.6. The molecule has 3 rings (SSSR count). The fourth-order valence-electron chi connectivity index (χ4n) is 1.86. The Morgan fingerprint density at radius 1 is 1.47 bits per heavy atom. The van der Waals surface area contributed by atoms with Crippen LogP contribution in [0.4, 0.5) is 0 Å². The van der Waals surface area contributed by atoms with Crippen molar-refractivity contribution in [3.63, 3.8) is 0 Å². The van der Waals surface area contributed by atoms with Gasteiger partial charge in [0.25, 0.3) is 0 Å². The average Bonchev–Trinajstić information content (AvgIpc) is 3.17. The number of aromatic nitrogens is 2. The summed E-state index contributed by atoms with van der Waals surface area (Å²) in [6.07, 6.45) is 3.03. The van der Waals surface area contributed by atoms with Crippen LogP contribution in [0.5, 0.6) is 5.75 Å². The quantitative estimate of drug-likeness (QED) is 0.771. The molecule has 0 spiro atoms. The van der Waals surface area contributed by atoms with Crippen molar-refractivity contribution in [1.82, 2.24) is 10.1 Å². The number of carbonyl (C=O) groups excluding carboxylic acids is 1. The van der Waals surface area contributed by atoms with Gasteiger partial charge in [-0.25, -0.2) is 0 Å². The van der Waals surface area contributed by atoms with Gasteiger partial charge in [0.1, 0.15) is 5.75 Å². The van der Waals surface area contributed by atoms with Gasteiger partial charge in [0.15, 0.2) is 12.9 Å². The van der Waals surface area contributed by atoms with Gasteiger partial charge in [-0.3, -0.25) is 4.79 Å². The predicted octanol–water partition coefficient (Wildman–Crippen LogP) is 2.65. The van der Waals surface area contributed by atoms with Gasteiger partial charge in [0, 0.05) is 5.92 Å². The van der Waals surface area contributed by atoms with Crippen molar-refractivity contribution >= 4 is 6.29 Å². The molecular formula is C14H14N2O3. The van der Waals surface area contributed by atoms with Gasteiger partial charge in [0.05, 0.1) is 5.56 Å². The number of nitrogens with zero attached hydrogens (tertiary/aromatic N) is 2. The molecular weight excluding hydrogens is 244 g/mol. The fourth-order valence-corrected chi connectivity index (χ4v) is 1.86. The van der Waals surface area contributed by atoms with E-state index in [-0.39, 0.29) is 6.61 Å². The topological polar surface area (TPSA) is 65.2 Å². The molecule has 1 saturated carbocycles. The van der Waals surface area contributed by atoms with E-state index in [9.17, 15) is 4.79 Å². The van der Waals surface area contributed by atoms with Gasteiger partial charge in [0.2, 0.25) is 11.7 Å². The Labute approximate surface area is 110 Å². The standard InChI is InChI=1S/C14H14N2O3/c1-9-2-5-12(11(6-9)7-17)18-8-13-15-14(19-16-13)10-3-4-10/h2,5-7,10H,3-4,8H2,1H3. The molecule has 1 aromatic heterocycles. The molecule has 1 aliphatic carbocycles. The Kier molecular flexibility index (Phi) is 3.03. The van der Waals surface area contributed by atoms with Crippen LogP contribution in [-0.4, -0.2) is 16.4 Å². The normalized spacial score (nSPS) is 14.4. The van der Waals surface area contributed by atoms with Crippen LogP contribution in [0.2, 0.25) is 0 Å². The number of rotatable bonds is 5. The van der Waals surface area contributed by atoms with E-state index in [0.29, 0.717) is 28.9 Å². The highest BCUT2D eigenvalue weighted by molar-refractivity contribution is 5.79. The van der Waals surface area contributed by atoms with Crippen molar-refractivity contribution in [3.05, 3.63) is 41.0 Å². The average molecular weight is 258 g/mol. The number of carbonyl (C=O) groups is 1. The molecule has 5 heteroatoms. The Bertz CT molecular complexity index is 602. The van der Waals surface area contributed by atoms with Gasteiger partial charge >= 0.3 is 0 Å². The number of ether oxygens (including phenoxy) is 1. The Balaban J connectivity index is 1.69. The lowest BCUT2D eigenvalue weighted by molar-refractivity contribution is 0.111. The van der Waals surface area contributed by atoms with E-state index in [2.05, 4.69) is 10.1 Å². The highest BCUT2D eigenvalue weighted by Crippen LogP contribution is 2.38. The van der Waals surface area contributed by atoms with E-state index < -0.39 is 0 Å². The smallest absolute Gasteiger partial charge is 0.229 e. The molecule has 0 atom stereocenters. The maximum absolute atomic E-state index is 11.0. The molecule has 0 amide bonds. The molecule has 1 aliphatic rings. The molecule has 0 saturated heterocycles. The molecule has 0 N–H and O–H groups in total. The molecule has 98 valence electrons. The summed E-state index contributed by atoms with van der Waals surface area (Å²) in [6, 6.07) is 5.46. The van der Waals surface area contributed by atoms with Crippen LogP contribution in [0.3, 0.4) is 0 Å². The molecule has 0 unspecified atom stereocenters. The SMILES string of the molecule is Cc1ccc(OCc2noc(C3CC3)n2)c(C=O)c1. The number of hydrogen-bond acceptors (Lipinski definition) is 5. The molecule has 2 aromatic rings. The summed E-state index contributed by atoms with van der Waals surface area (Å²) in [5.41, 5.74) is 1.55. The Morgan fingerprint density at radius 2 is 2.32 bits per heavy atom. The first-order chi connectivity index (χ1) is 9.26. The first-order valence-corrected chi connectivity index (χ1v) is 6.27. The van der Waals surface area contributed by atoms with Crippen molar-refractivity contribution in [2.75, 3.05) is 0 Å². The highest BCUT2D eigenvalue weighted by atomic mass is 16.5. The van der Waals surface area contributed by atoms with E-state index in [1.165, 1.54) is 0 Å².